The Labute approximate surface area is 78.3 Å². The van der Waals surface area contributed by atoms with E-state index in [1.807, 2.05) is 11.1 Å². The van der Waals surface area contributed by atoms with E-state index < -0.39 is 0 Å². The summed E-state index contributed by atoms with van der Waals surface area (Å²) in [5.74, 6) is 0.491. The summed E-state index contributed by atoms with van der Waals surface area (Å²) in [6.07, 6.45) is 5.24. The minimum Gasteiger partial charge on any atom is -0.382 e. The molecule has 2 bridgehead atoms. The molecule has 0 aromatic heterocycles. The molecule has 2 aliphatic heterocycles. The van der Waals surface area contributed by atoms with Gasteiger partial charge in [-0.1, -0.05) is 0 Å². The number of aliphatic imine (C=N–C) groups is 2. The predicted octanol–water partition coefficient (Wildman–Crippen LogP) is 0.779. The number of rotatable bonds is 0. The van der Waals surface area contributed by atoms with Gasteiger partial charge in [0.05, 0.1) is 12.7 Å². The van der Waals surface area contributed by atoms with Crippen LogP contribution in [0.2, 0.25) is 0 Å². The number of hydrogen-bond acceptors (Lipinski definition) is 4. The van der Waals surface area contributed by atoms with Gasteiger partial charge in [0, 0.05) is 12.4 Å². The van der Waals surface area contributed by atoms with Gasteiger partial charge in [0.2, 0.25) is 0 Å². The SMILES string of the molecule is NC1=NC=CN2CC1=NC=C2Br. The molecular weight excluding hydrogens is 220 g/mol. The highest BCUT2D eigenvalue weighted by Crippen LogP contribution is 2.18. The van der Waals surface area contributed by atoms with Crippen molar-refractivity contribution in [2.24, 2.45) is 15.7 Å². The molecule has 12 heavy (non-hydrogen) atoms. The van der Waals surface area contributed by atoms with Crippen LogP contribution in [0.1, 0.15) is 0 Å². The zero-order chi connectivity index (χ0) is 8.55. The summed E-state index contributed by atoms with van der Waals surface area (Å²) >= 11 is 3.37. The smallest absolute Gasteiger partial charge is 0.147 e. The Balaban J connectivity index is 2.44. The molecule has 0 aromatic carbocycles. The fraction of sp³-hybridized carbons (Fsp3) is 0.143. The van der Waals surface area contributed by atoms with Crippen LogP contribution in [0.15, 0.2) is 33.2 Å². The van der Waals surface area contributed by atoms with Gasteiger partial charge in [0.25, 0.3) is 0 Å². The van der Waals surface area contributed by atoms with Gasteiger partial charge in [-0.2, -0.15) is 0 Å². The zero-order valence-corrected chi connectivity index (χ0v) is 7.82. The minimum absolute atomic E-state index is 0.491. The molecule has 0 atom stereocenters. The Kier molecular flexibility index (Phi) is 1.73. The largest absolute Gasteiger partial charge is 0.382 e. The lowest BCUT2D eigenvalue weighted by molar-refractivity contribution is 0.565. The van der Waals surface area contributed by atoms with E-state index in [1.165, 1.54) is 0 Å². The molecule has 0 fully saturated rings. The standard InChI is InChI=1S/C7H7BrN4/c8-6-3-11-5-4-12(6)2-1-10-7(5)9/h1-3H,4H2,(H2,9,10). The summed E-state index contributed by atoms with van der Waals surface area (Å²) in [4.78, 5) is 10.1. The monoisotopic (exact) mass is 226 g/mol. The van der Waals surface area contributed by atoms with Crippen molar-refractivity contribution in [3.05, 3.63) is 23.2 Å². The van der Waals surface area contributed by atoms with Gasteiger partial charge in [0.15, 0.2) is 0 Å². The molecule has 0 aromatic rings. The Morgan fingerprint density at radius 2 is 2.33 bits per heavy atom. The van der Waals surface area contributed by atoms with Crippen molar-refractivity contribution >= 4 is 27.5 Å². The van der Waals surface area contributed by atoms with Gasteiger partial charge in [-0.05, 0) is 15.9 Å². The maximum absolute atomic E-state index is 5.63. The predicted molar refractivity (Wildman–Crippen MR) is 51.9 cm³/mol. The average Bonchev–Trinajstić information content (AvgIpc) is 2.21. The second kappa shape index (κ2) is 2.75. The third kappa shape index (κ3) is 1.16. The fourth-order valence-corrected chi connectivity index (χ4v) is 1.37. The first-order valence-electron chi connectivity index (χ1n) is 3.46. The quantitative estimate of drug-likeness (QED) is 0.621. The van der Waals surface area contributed by atoms with E-state index >= 15 is 0 Å². The third-order valence-corrected chi connectivity index (χ3v) is 2.34. The van der Waals surface area contributed by atoms with Crippen molar-refractivity contribution in [2.75, 3.05) is 6.54 Å². The fourth-order valence-electron chi connectivity index (χ4n) is 1.02. The van der Waals surface area contributed by atoms with Crippen LogP contribution in [0.3, 0.4) is 0 Å². The topological polar surface area (TPSA) is 54.0 Å². The Morgan fingerprint density at radius 3 is 3.17 bits per heavy atom. The van der Waals surface area contributed by atoms with Crippen molar-refractivity contribution in [3.63, 3.8) is 0 Å². The number of amidine groups is 1. The molecule has 2 aliphatic rings. The molecule has 0 unspecified atom stereocenters. The van der Waals surface area contributed by atoms with E-state index in [0.29, 0.717) is 12.4 Å². The van der Waals surface area contributed by atoms with E-state index in [2.05, 4.69) is 25.9 Å². The van der Waals surface area contributed by atoms with E-state index in [-0.39, 0.29) is 0 Å². The number of nitrogens with zero attached hydrogens (tertiary/aromatic N) is 3. The number of nitrogens with two attached hydrogens (primary N) is 1. The molecule has 0 aliphatic carbocycles. The van der Waals surface area contributed by atoms with Gasteiger partial charge >= 0.3 is 0 Å². The first-order valence-corrected chi connectivity index (χ1v) is 4.26. The van der Waals surface area contributed by atoms with E-state index in [9.17, 15) is 0 Å². The Hall–Kier alpha value is -1.10. The molecule has 0 spiro atoms. The number of hydrogen-bond donors (Lipinski definition) is 1. The first-order chi connectivity index (χ1) is 5.77. The van der Waals surface area contributed by atoms with Crippen LogP contribution in [0.4, 0.5) is 0 Å². The van der Waals surface area contributed by atoms with Crippen molar-refractivity contribution in [1.82, 2.24) is 4.90 Å². The van der Waals surface area contributed by atoms with Gasteiger partial charge in [-0.3, -0.25) is 4.99 Å². The van der Waals surface area contributed by atoms with Gasteiger partial charge in [-0.25, -0.2) is 4.99 Å². The molecule has 5 heteroatoms. The van der Waals surface area contributed by atoms with Crippen molar-refractivity contribution in [2.45, 2.75) is 0 Å². The molecule has 0 amide bonds. The maximum atomic E-state index is 5.63. The van der Waals surface area contributed by atoms with E-state index in [1.54, 1.807) is 12.4 Å². The third-order valence-electron chi connectivity index (χ3n) is 1.68. The van der Waals surface area contributed by atoms with Gasteiger partial charge in [-0.15, -0.1) is 0 Å². The van der Waals surface area contributed by atoms with Crippen LogP contribution in [0, 0.1) is 0 Å². The van der Waals surface area contributed by atoms with Crippen molar-refractivity contribution in [1.29, 1.82) is 0 Å². The minimum atomic E-state index is 0.491. The van der Waals surface area contributed by atoms with E-state index in [4.69, 9.17) is 5.73 Å². The van der Waals surface area contributed by atoms with Gasteiger partial charge < -0.3 is 10.6 Å². The Bertz CT molecular complexity index is 326. The average molecular weight is 227 g/mol. The highest BCUT2D eigenvalue weighted by molar-refractivity contribution is 9.11. The molecule has 2 heterocycles. The number of halogens is 1. The van der Waals surface area contributed by atoms with Crippen LogP contribution >= 0.6 is 15.9 Å². The zero-order valence-electron chi connectivity index (χ0n) is 6.24. The maximum Gasteiger partial charge on any atom is 0.147 e. The molecule has 2 N–H and O–H groups in total. The summed E-state index contributed by atoms with van der Waals surface area (Å²) in [5, 5.41) is 0. The molecule has 0 saturated carbocycles. The molecule has 0 saturated heterocycles. The summed E-state index contributed by atoms with van der Waals surface area (Å²) in [7, 11) is 0. The van der Waals surface area contributed by atoms with Crippen LogP contribution in [0.25, 0.3) is 0 Å². The summed E-state index contributed by atoms with van der Waals surface area (Å²) in [6.45, 7) is 0.683. The number of fused-ring (bicyclic) bond motifs is 2. The molecular formula is C7H7BrN4. The van der Waals surface area contributed by atoms with Crippen molar-refractivity contribution in [3.8, 4) is 0 Å². The van der Waals surface area contributed by atoms with Gasteiger partial charge in [0.1, 0.15) is 16.2 Å². The summed E-state index contributed by atoms with van der Waals surface area (Å²) in [5.41, 5.74) is 6.44. The van der Waals surface area contributed by atoms with Crippen LogP contribution < -0.4 is 5.73 Å². The van der Waals surface area contributed by atoms with Crippen molar-refractivity contribution < 1.29 is 0 Å². The highest BCUT2D eigenvalue weighted by atomic mass is 79.9. The van der Waals surface area contributed by atoms with E-state index in [0.717, 1.165) is 10.3 Å². The second-order valence-electron chi connectivity index (χ2n) is 2.47. The Morgan fingerprint density at radius 1 is 1.50 bits per heavy atom. The van der Waals surface area contributed by atoms with Crippen LogP contribution in [0.5, 0.6) is 0 Å². The highest BCUT2D eigenvalue weighted by Gasteiger charge is 2.16. The second-order valence-corrected chi connectivity index (χ2v) is 3.28. The lowest BCUT2D eigenvalue weighted by Crippen LogP contribution is -2.33. The lowest BCUT2D eigenvalue weighted by Gasteiger charge is -2.20. The van der Waals surface area contributed by atoms with Crippen LogP contribution in [-0.2, 0) is 0 Å². The summed E-state index contributed by atoms with van der Waals surface area (Å²) < 4.78 is 0.924. The molecule has 4 nitrogen and oxygen atoms in total. The lowest BCUT2D eigenvalue weighted by atomic mass is 10.3. The normalized spacial score (nSPS) is 21.1. The molecule has 0 radical (unpaired) electrons. The molecule has 62 valence electrons. The van der Waals surface area contributed by atoms with Crippen LogP contribution in [-0.4, -0.2) is 23.0 Å². The first kappa shape index (κ1) is 7.54. The molecule has 2 rings (SSSR count). The summed E-state index contributed by atoms with van der Waals surface area (Å²) in [6, 6.07) is 0.